The molecule has 0 radical (unpaired) electrons. The standard InChI is InChI=1S/C9H16N4O2S2/c1-16-13-9(14)11-3-5-17(15)4-2-8-6-10-7-12-8/h6-7H,2-5H2,1H3,(H,10,12)(H2,11,13,14). The fourth-order valence-corrected chi connectivity index (χ4v) is 2.39. The van der Waals surface area contributed by atoms with Crippen LogP contribution in [0, 0.1) is 0 Å². The van der Waals surface area contributed by atoms with E-state index in [9.17, 15) is 9.00 Å². The topological polar surface area (TPSA) is 86.9 Å². The van der Waals surface area contributed by atoms with Crippen molar-refractivity contribution < 1.29 is 9.00 Å². The van der Waals surface area contributed by atoms with Gasteiger partial charge in [-0.1, -0.05) is 11.9 Å². The zero-order valence-electron chi connectivity index (χ0n) is 9.56. The number of carbonyl (C=O) groups is 1. The Hall–Kier alpha value is -1.02. The molecule has 0 spiro atoms. The van der Waals surface area contributed by atoms with E-state index < -0.39 is 10.8 Å². The molecule has 0 saturated carbocycles. The summed E-state index contributed by atoms with van der Waals surface area (Å²) in [5, 5.41) is 2.62. The highest BCUT2D eigenvalue weighted by Gasteiger charge is 2.03. The smallest absolute Gasteiger partial charge is 0.324 e. The van der Waals surface area contributed by atoms with E-state index in [0.29, 0.717) is 24.5 Å². The Bertz CT molecular complexity index is 356. The molecule has 17 heavy (non-hydrogen) atoms. The highest BCUT2D eigenvalue weighted by molar-refractivity contribution is 7.97. The van der Waals surface area contributed by atoms with Gasteiger partial charge in [0.05, 0.1) is 6.33 Å². The summed E-state index contributed by atoms with van der Waals surface area (Å²) in [5.41, 5.74) is 0.978. The molecule has 2 amide bonds. The number of H-pyrrole nitrogens is 1. The van der Waals surface area contributed by atoms with E-state index in [-0.39, 0.29) is 6.03 Å². The molecule has 1 heterocycles. The predicted octanol–water partition coefficient (Wildman–Crippen LogP) is 0.278. The third-order valence-corrected chi connectivity index (χ3v) is 3.67. The molecule has 0 aliphatic rings. The van der Waals surface area contributed by atoms with Gasteiger partial charge < -0.3 is 10.3 Å². The number of carbonyl (C=O) groups excluding carboxylic acids is 1. The lowest BCUT2D eigenvalue weighted by Gasteiger charge is -2.04. The van der Waals surface area contributed by atoms with Gasteiger partial charge in [0.2, 0.25) is 0 Å². The van der Waals surface area contributed by atoms with Crippen molar-refractivity contribution in [2.45, 2.75) is 6.42 Å². The minimum atomic E-state index is -0.922. The van der Waals surface area contributed by atoms with Crippen LogP contribution in [-0.4, -0.2) is 44.5 Å². The Kier molecular flexibility index (Phi) is 6.71. The first-order chi connectivity index (χ1) is 8.22. The molecule has 0 saturated heterocycles. The van der Waals surface area contributed by atoms with Gasteiger partial charge in [-0.15, -0.1) is 0 Å². The molecule has 0 aliphatic heterocycles. The monoisotopic (exact) mass is 276 g/mol. The molecule has 0 aliphatic carbocycles. The first-order valence-corrected chi connectivity index (χ1v) is 7.82. The van der Waals surface area contributed by atoms with Crippen molar-refractivity contribution in [2.24, 2.45) is 0 Å². The molecule has 8 heteroatoms. The van der Waals surface area contributed by atoms with Gasteiger partial charge in [-0.2, -0.15) is 0 Å². The molecule has 0 aromatic carbocycles. The van der Waals surface area contributed by atoms with Gasteiger partial charge in [-0.3, -0.25) is 8.93 Å². The van der Waals surface area contributed by atoms with E-state index in [1.807, 2.05) is 0 Å². The van der Waals surface area contributed by atoms with Crippen LogP contribution in [0.3, 0.4) is 0 Å². The summed E-state index contributed by atoms with van der Waals surface area (Å²) in [5.74, 6) is 1.05. The van der Waals surface area contributed by atoms with Crippen molar-refractivity contribution >= 4 is 28.8 Å². The highest BCUT2D eigenvalue weighted by Crippen LogP contribution is 1.94. The number of hydrogen-bond acceptors (Lipinski definition) is 4. The number of nitrogens with zero attached hydrogens (tertiary/aromatic N) is 1. The van der Waals surface area contributed by atoms with Crippen LogP contribution in [0.4, 0.5) is 4.79 Å². The van der Waals surface area contributed by atoms with Crippen LogP contribution in [0.25, 0.3) is 0 Å². The number of nitrogens with one attached hydrogen (secondary N) is 3. The van der Waals surface area contributed by atoms with Gasteiger partial charge in [0.1, 0.15) is 0 Å². The highest BCUT2D eigenvalue weighted by atomic mass is 32.2. The van der Waals surface area contributed by atoms with E-state index in [0.717, 1.165) is 5.69 Å². The molecule has 0 bridgehead atoms. The number of urea groups is 1. The molecular formula is C9H16N4O2S2. The SMILES string of the molecule is CSNC(=O)NCCS(=O)CCc1cnc[nH]1. The molecule has 1 atom stereocenters. The average Bonchev–Trinajstić information content (AvgIpc) is 2.79. The maximum absolute atomic E-state index is 11.6. The van der Waals surface area contributed by atoms with Gasteiger partial charge in [0.15, 0.2) is 0 Å². The Morgan fingerprint density at radius 2 is 2.41 bits per heavy atom. The second-order valence-electron chi connectivity index (χ2n) is 3.24. The lowest BCUT2D eigenvalue weighted by molar-refractivity contribution is 0.247. The molecule has 3 N–H and O–H groups in total. The average molecular weight is 276 g/mol. The molecular weight excluding hydrogens is 260 g/mol. The summed E-state index contributed by atoms with van der Waals surface area (Å²) in [6, 6.07) is -0.247. The minimum Gasteiger partial charge on any atom is -0.348 e. The first kappa shape index (κ1) is 14.0. The number of imidazole rings is 1. The van der Waals surface area contributed by atoms with Crippen molar-refractivity contribution in [3.05, 3.63) is 18.2 Å². The van der Waals surface area contributed by atoms with E-state index in [4.69, 9.17) is 0 Å². The Morgan fingerprint density at radius 1 is 1.59 bits per heavy atom. The lowest BCUT2D eigenvalue weighted by Crippen LogP contribution is -2.34. The van der Waals surface area contributed by atoms with E-state index in [1.165, 1.54) is 11.9 Å². The molecule has 1 unspecified atom stereocenters. The van der Waals surface area contributed by atoms with Crippen molar-refractivity contribution in [2.75, 3.05) is 24.3 Å². The minimum absolute atomic E-state index is 0.247. The fraction of sp³-hybridized carbons (Fsp3) is 0.556. The van der Waals surface area contributed by atoms with Crippen LogP contribution in [0.1, 0.15) is 5.69 Å². The van der Waals surface area contributed by atoms with Gasteiger partial charge in [-0.25, -0.2) is 9.78 Å². The number of rotatable bonds is 7. The Balaban J connectivity index is 2.07. The first-order valence-electron chi connectivity index (χ1n) is 5.11. The van der Waals surface area contributed by atoms with Crippen molar-refractivity contribution in [1.29, 1.82) is 0 Å². The summed E-state index contributed by atoms with van der Waals surface area (Å²) in [6.07, 6.45) is 5.81. The lowest BCUT2D eigenvalue weighted by atomic mass is 10.4. The maximum atomic E-state index is 11.6. The number of hydrogen-bond donors (Lipinski definition) is 3. The fourth-order valence-electron chi connectivity index (χ4n) is 1.15. The summed E-state index contributed by atoms with van der Waals surface area (Å²) >= 11 is 1.23. The maximum Gasteiger partial charge on any atom is 0.324 e. The van der Waals surface area contributed by atoms with Crippen LogP contribution in [0.2, 0.25) is 0 Å². The van der Waals surface area contributed by atoms with Gasteiger partial charge in [0.25, 0.3) is 0 Å². The molecule has 6 nitrogen and oxygen atoms in total. The van der Waals surface area contributed by atoms with Crippen LogP contribution < -0.4 is 10.0 Å². The summed E-state index contributed by atoms with van der Waals surface area (Å²) in [6.45, 7) is 0.419. The van der Waals surface area contributed by atoms with E-state index in [2.05, 4.69) is 20.0 Å². The number of aromatic amines is 1. The van der Waals surface area contributed by atoms with Crippen LogP contribution >= 0.6 is 11.9 Å². The third-order valence-electron chi connectivity index (χ3n) is 1.96. The zero-order valence-corrected chi connectivity index (χ0v) is 11.2. The van der Waals surface area contributed by atoms with Crippen LogP contribution in [0.15, 0.2) is 12.5 Å². The van der Waals surface area contributed by atoms with Crippen LogP contribution in [-0.2, 0) is 17.2 Å². The number of aryl methyl sites for hydroxylation is 1. The number of amides is 2. The van der Waals surface area contributed by atoms with Crippen molar-refractivity contribution in [3.8, 4) is 0 Å². The largest absolute Gasteiger partial charge is 0.348 e. The molecule has 96 valence electrons. The zero-order chi connectivity index (χ0) is 12.5. The summed E-state index contributed by atoms with van der Waals surface area (Å²) < 4.78 is 14.1. The van der Waals surface area contributed by atoms with Crippen molar-refractivity contribution in [1.82, 2.24) is 20.0 Å². The number of aromatic nitrogens is 2. The van der Waals surface area contributed by atoms with E-state index in [1.54, 1.807) is 18.8 Å². The third kappa shape index (κ3) is 6.32. The molecule has 1 aromatic rings. The normalized spacial score (nSPS) is 12.1. The molecule has 0 fully saturated rings. The van der Waals surface area contributed by atoms with Crippen molar-refractivity contribution in [3.63, 3.8) is 0 Å². The van der Waals surface area contributed by atoms with Gasteiger partial charge in [-0.05, 0) is 0 Å². The van der Waals surface area contributed by atoms with Crippen LogP contribution in [0.5, 0.6) is 0 Å². The Morgan fingerprint density at radius 3 is 3.06 bits per heavy atom. The summed E-state index contributed by atoms with van der Waals surface area (Å²) in [4.78, 5) is 17.9. The Labute approximate surface area is 107 Å². The van der Waals surface area contributed by atoms with Gasteiger partial charge in [0, 0.05) is 53.4 Å². The quantitative estimate of drug-likeness (QED) is 0.624. The van der Waals surface area contributed by atoms with E-state index >= 15 is 0 Å². The molecule has 1 rings (SSSR count). The predicted molar refractivity (Wildman–Crippen MR) is 70.2 cm³/mol. The second-order valence-corrected chi connectivity index (χ2v) is 5.55. The summed E-state index contributed by atoms with van der Waals surface area (Å²) in [7, 11) is -0.922. The molecule has 1 aromatic heterocycles. The second kappa shape index (κ2) is 8.13. The van der Waals surface area contributed by atoms with Gasteiger partial charge >= 0.3 is 6.03 Å².